The van der Waals surface area contributed by atoms with Crippen molar-refractivity contribution in [3.8, 4) is 0 Å². The fourth-order valence-electron chi connectivity index (χ4n) is 3.67. The highest BCUT2D eigenvalue weighted by Gasteiger charge is 2.17. The van der Waals surface area contributed by atoms with Gasteiger partial charge >= 0.3 is 5.69 Å². The van der Waals surface area contributed by atoms with Crippen molar-refractivity contribution in [2.45, 2.75) is 32.4 Å². The van der Waals surface area contributed by atoms with Crippen molar-refractivity contribution >= 4 is 28.6 Å². The molecule has 152 valence electrons. The van der Waals surface area contributed by atoms with Crippen LogP contribution < -0.4 is 5.32 Å². The lowest BCUT2D eigenvalue weighted by Crippen LogP contribution is -2.33. The molecule has 10 heteroatoms. The number of carbonyl (C=O) groups is 1. The summed E-state index contributed by atoms with van der Waals surface area (Å²) in [5, 5.41) is 17.5. The highest BCUT2D eigenvalue weighted by Crippen LogP contribution is 2.20. The largest absolute Gasteiger partial charge is 0.309 e. The van der Waals surface area contributed by atoms with Crippen molar-refractivity contribution in [3.05, 3.63) is 46.8 Å². The van der Waals surface area contributed by atoms with Crippen molar-refractivity contribution < 1.29 is 9.72 Å². The molecule has 3 heterocycles. The number of nitrogens with one attached hydrogen (secondary N) is 1. The van der Waals surface area contributed by atoms with E-state index in [-0.39, 0.29) is 18.1 Å². The summed E-state index contributed by atoms with van der Waals surface area (Å²) in [7, 11) is 0. The molecule has 0 unspecified atom stereocenters. The molecule has 1 aliphatic rings. The zero-order valence-electron chi connectivity index (χ0n) is 16.0. The van der Waals surface area contributed by atoms with Crippen LogP contribution in [0.3, 0.4) is 0 Å². The number of nitrogens with zero attached hydrogens (tertiary/aromatic N) is 6. The highest BCUT2D eigenvalue weighted by molar-refractivity contribution is 5.91. The molecule has 1 saturated heterocycles. The minimum atomic E-state index is -0.540. The summed E-state index contributed by atoms with van der Waals surface area (Å²) in [6.07, 6.45) is 6.10. The Balaban J connectivity index is 1.49. The number of benzene rings is 1. The maximum absolute atomic E-state index is 12.5. The third-order valence-corrected chi connectivity index (χ3v) is 5.13. The first-order valence-corrected chi connectivity index (χ1v) is 9.74. The van der Waals surface area contributed by atoms with Gasteiger partial charge in [0.25, 0.3) is 0 Å². The van der Waals surface area contributed by atoms with Gasteiger partial charge in [-0.1, -0.05) is 18.6 Å². The first-order chi connectivity index (χ1) is 14.1. The molecule has 1 N–H and O–H groups in total. The average Bonchev–Trinajstić information content (AvgIpc) is 3.31. The molecule has 0 aliphatic carbocycles. The Morgan fingerprint density at radius 3 is 2.72 bits per heavy atom. The number of nitro groups is 1. The molecule has 1 amide bonds. The minimum absolute atomic E-state index is 0.122. The monoisotopic (exact) mass is 397 g/mol. The van der Waals surface area contributed by atoms with Gasteiger partial charge in [0.15, 0.2) is 0 Å². The lowest BCUT2D eigenvalue weighted by molar-refractivity contribution is -0.385. The van der Waals surface area contributed by atoms with Crippen LogP contribution >= 0.6 is 0 Å². The first kappa shape index (κ1) is 19.1. The number of rotatable bonds is 7. The number of hydrogen-bond donors (Lipinski definition) is 1. The van der Waals surface area contributed by atoms with Crippen molar-refractivity contribution in [2.75, 3.05) is 25.0 Å². The minimum Gasteiger partial charge on any atom is -0.309 e. The van der Waals surface area contributed by atoms with Gasteiger partial charge in [0.2, 0.25) is 11.9 Å². The molecule has 0 radical (unpaired) electrons. The molecule has 3 aromatic rings. The number of aromatic nitrogens is 4. The van der Waals surface area contributed by atoms with Crippen molar-refractivity contribution in [1.82, 2.24) is 24.2 Å². The molecule has 0 atom stereocenters. The summed E-state index contributed by atoms with van der Waals surface area (Å²) in [6.45, 7) is 3.71. The van der Waals surface area contributed by atoms with Crippen LogP contribution in [0, 0.1) is 10.1 Å². The molecule has 4 rings (SSSR count). The predicted octanol–water partition coefficient (Wildman–Crippen LogP) is 2.27. The molecule has 2 aromatic heterocycles. The standard InChI is InChI=1S/C19H23N7O3/c27-18(14-24-13-15(12-20-24)26(28)29)22-19-21-16-6-2-3-7-17(16)25(19)11-10-23-8-4-1-5-9-23/h2-3,6-7,12-13H,1,4-5,8-11,14H2,(H,21,22,27). The lowest BCUT2D eigenvalue weighted by atomic mass is 10.1. The number of carbonyl (C=O) groups excluding carboxylic acids is 1. The van der Waals surface area contributed by atoms with Gasteiger partial charge in [-0.15, -0.1) is 0 Å². The van der Waals surface area contributed by atoms with Crippen LogP contribution in [0.2, 0.25) is 0 Å². The summed E-state index contributed by atoms with van der Waals surface area (Å²) < 4.78 is 3.27. The fraction of sp³-hybridized carbons (Fsp3) is 0.421. The number of likely N-dealkylation sites (tertiary alicyclic amines) is 1. The Morgan fingerprint density at radius 1 is 1.17 bits per heavy atom. The van der Waals surface area contributed by atoms with E-state index in [1.54, 1.807) is 0 Å². The third kappa shape index (κ3) is 4.43. The van der Waals surface area contributed by atoms with Gasteiger partial charge in [0, 0.05) is 13.1 Å². The Hall–Kier alpha value is -3.27. The zero-order chi connectivity index (χ0) is 20.2. The quantitative estimate of drug-likeness (QED) is 0.484. The lowest BCUT2D eigenvalue weighted by Gasteiger charge is -2.26. The Labute approximate surface area is 167 Å². The van der Waals surface area contributed by atoms with Gasteiger partial charge in [0.1, 0.15) is 18.9 Å². The number of piperidine rings is 1. The van der Waals surface area contributed by atoms with Crippen LogP contribution in [0.5, 0.6) is 0 Å². The Morgan fingerprint density at radius 2 is 1.97 bits per heavy atom. The predicted molar refractivity (Wildman–Crippen MR) is 108 cm³/mol. The number of imidazole rings is 1. The molecule has 1 aliphatic heterocycles. The van der Waals surface area contributed by atoms with Gasteiger partial charge < -0.3 is 9.47 Å². The van der Waals surface area contributed by atoms with Gasteiger partial charge in [-0.05, 0) is 38.1 Å². The average molecular weight is 397 g/mol. The Kier molecular flexibility index (Phi) is 5.52. The summed E-state index contributed by atoms with van der Waals surface area (Å²) in [4.78, 5) is 29.7. The first-order valence-electron chi connectivity index (χ1n) is 9.74. The van der Waals surface area contributed by atoms with Gasteiger partial charge in [-0.25, -0.2) is 4.98 Å². The summed E-state index contributed by atoms with van der Waals surface area (Å²) >= 11 is 0. The van der Waals surface area contributed by atoms with Crippen LogP contribution in [0.15, 0.2) is 36.7 Å². The van der Waals surface area contributed by atoms with Crippen LogP contribution in [0.25, 0.3) is 11.0 Å². The second-order valence-corrected chi connectivity index (χ2v) is 7.18. The van der Waals surface area contributed by atoms with E-state index in [0.717, 1.165) is 43.4 Å². The number of hydrogen-bond acceptors (Lipinski definition) is 6. The molecule has 0 saturated carbocycles. The normalized spacial score (nSPS) is 14.9. The Bertz CT molecular complexity index is 1020. The highest BCUT2D eigenvalue weighted by atomic mass is 16.6. The summed E-state index contributed by atoms with van der Waals surface area (Å²) in [6, 6.07) is 7.78. The molecule has 1 aromatic carbocycles. The van der Waals surface area contributed by atoms with Gasteiger partial charge in [0.05, 0.1) is 16.0 Å². The van der Waals surface area contributed by atoms with Crippen LogP contribution in [-0.2, 0) is 17.9 Å². The zero-order valence-corrected chi connectivity index (χ0v) is 16.0. The van der Waals surface area contributed by atoms with E-state index in [1.807, 2.05) is 28.8 Å². The fourth-order valence-corrected chi connectivity index (χ4v) is 3.67. The van der Waals surface area contributed by atoms with Crippen molar-refractivity contribution in [1.29, 1.82) is 0 Å². The maximum Gasteiger partial charge on any atom is 0.307 e. The summed E-state index contributed by atoms with van der Waals surface area (Å²) in [5.74, 6) is 0.146. The number of amides is 1. The molecule has 1 fully saturated rings. The molecule has 29 heavy (non-hydrogen) atoms. The van der Waals surface area contributed by atoms with E-state index in [2.05, 4.69) is 20.3 Å². The van der Waals surface area contributed by atoms with Gasteiger partial charge in [-0.2, -0.15) is 5.10 Å². The molecule has 0 bridgehead atoms. The van der Waals surface area contributed by atoms with E-state index in [9.17, 15) is 14.9 Å². The summed E-state index contributed by atoms with van der Waals surface area (Å²) in [5.41, 5.74) is 1.64. The van der Waals surface area contributed by atoms with E-state index >= 15 is 0 Å². The smallest absolute Gasteiger partial charge is 0.307 e. The van der Waals surface area contributed by atoms with Crippen molar-refractivity contribution in [2.24, 2.45) is 0 Å². The molecular weight excluding hydrogens is 374 g/mol. The van der Waals surface area contributed by atoms with Gasteiger partial charge in [-0.3, -0.25) is 24.9 Å². The van der Waals surface area contributed by atoms with E-state index in [1.165, 1.54) is 30.1 Å². The van der Waals surface area contributed by atoms with E-state index < -0.39 is 4.92 Å². The third-order valence-electron chi connectivity index (χ3n) is 5.13. The van der Waals surface area contributed by atoms with Crippen LogP contribution in [-0.4, -0.2) is 54.7 Å². The molecular formula is C19H23N7O3. The van der Waals surface area contributed by atoms with Crippen LogP contribution in [0.4, 0.5) is 11.6 Å². The SMILES string of the molecule is O=C(Cn1cc([N+](=O)[O-])cn1)Nc1nc2ccccc2n1CCN1CCCCC1. The molecule has 10 nitrogen and oxygen atoms in total. The van der Waals surface area contributed by atoms with E-state index in [0.29, 0.717) is 5.95 Å². The topological polar surface area (TPSA) is 111 Å². The second kappa shape index (κ2) is 8.39. The van der Waals surface area contributed by atoms with Crippen LogP contribution in [0.1, 0.15) is 19.3 Å². The maximum atomic E-state index is 12.5. The molecule has 0 spiro atoms. The number of fused-ring (bicyclic) bond motifs is 1. The van der Waals surface area contributed by atoms with Crippen molar-refractivity contribution in [3.63, 3.8) is 0 Å². The number of anilines is 1. The second-order valence-electron chi connectivity index (χ2n) is 7.18. The number of para-hydroxylation sites is 2. The van der Waals surface area contributed by atoms with E-state index in [4.69, 9.17) is 0 Å².